The second-order valence-corrected chi connectivity index (χ2v) is 7.73. The van der Waals surface area contributed by atoms with Gasteiger partial charge < -0.3 is 5.32 Å². The van der Waals surface area contributed by atoms with Crippen LogP contribution in [0.3, 0.4) is 0 Å². The van der Waals surface area contributed by atoms with Gasteiger partial charge in [-0.3, -0.25) is 4.79 Å². The molecule has 30 heavy (non-hydrogen) atoms. The molecule has 4 rings (SSSR count). The molecule has 1 aromatic heterocycles. The van der Waals surface area contributed by atoms with E-state index in [0.717, 1.165) is 22.4 Å². The van der Waals surface area contributed by atoms with Crippen LogP contribution in [0.1, 0.15) is 21.7 Å². The zero-order chi connectivity index (χ0) is 21.3. The van der Waals surface area contributed by atoms with Crippen molar-refractivity contribution in [3.05, 3.63) is 93.7 Å². The first kappa shape index (κ1) is 20.1. The topological polar surface area (TPSA) is 59.8 Å². The van der Waals surface area contributed by atoms with Gasteiger partial charge in [0.2, 0.25) is 5.82 Å². The Balaban J connectivity index is 1.80. The zero-order valence-corrected chi connectivity index (χ0v) is 17.9. The summed E-state index contributed by atoms with van der Waals surface area (Å²) in [5.74, 6) is 0.141. The van der Waals surface area contributed by atoms with Gasteiger partial charge in [0.15, 0.2) is 5.82 Å². The number of aromatic nitrogens is 3. The molecule has 0 aliphatic carbocycles. The van der Waals surface area contributed by atoms with Gasteiger partial charge in [-0.15, -0.1) is 5.10 Å². The standard InChI is InChI=1S/C23H18Cl2N4O/c1-14-9-11-18(12-10-14)26-23(30)21-27-22(16-5-3-6-17(24)13-16)29(28-21)20-8-4-7-19(25)15(20)2/h3-13H,1-2H3,(H,26,30). The first-order chi connectivity index (χ1) is 14.4. The minimum atomic E-state index is -0.402. The van der Waals surface area contributed by atoms with Gasteiger partial charge in [0.1, 0.15) is 0 Å². The summed E-state index contributed by atoms with van der Waals surface area (Å²) in [5.41, 5.74) is 4.08. The van der Waals surface area contributed by atoms with E-state index in [4.69, 9.17) is 23.2 Å². The van der Waals surface area contributed by atoms with E-state index in [0.29, 0.717) is 21.6 Å². The predicted molar refractivity (Wildman–Crippen MR) is 121 cm³/mol. The van der Waals surface area contributed by atoms with Gasteiger partial charge in [0.25, 0.3) is 5.91 Å². The SMILES string of the molecule is Cc1ccc(NC(=O)c2nc(-c3cccc(Cl)c3)n(-c3cccc(Cl)c3C)n2)cc1. The third-order valence-corrected chi connectivity index (χ3v) is 5.31. The zero-order valence-electron chi connectivity index (χ0n) is 16.4. The number of carbonyl (C=O) groups excluding carboxylic acids is 1. The summed E-state index contributed by atoms with van der Waals surface area (Å²) >= 11 is 12.5. The normalized spacial score (nSPS) is 10.8. The van der Waals surface area contributed by atoms with Crippen molar-refractivity contribution in [1.29, 1.82) is 0 Å². The summed E-state index contributed by atoms with van der Waals surface area (Å²) in [6, 6.07) is 20.3. The Morgan fingerprint density at radius 1 is 0.967 bits per heavy atom. The highest BCUT2D eigenvalue weighted by Gasteiger charge is 2.20. The number of rotatable bonds is 4. The van der Waals surface area contributed by atoms with Crippen molar-refractivity contribution < 1.29 is 4.79 Å². The smallest absolute Gasteiger partial charge is 0.295 e. The van der Waals surface area contributed by atoms with E-state index in [2.05, 4.69) is 15.4 Å². The molecule has 0 fully saturated rings. The van der Waals surface area contributed by atoms with Gasteiger partial charge in [-0.25, -0.2) is 9.67 Å². The molecule has 0 saturated heterocycles. The molecule has 1 heterocycles. The highest BCUT2D eigenvalue weighted by atomic mass is 35.5. The van der Waals surface area contributed by atoms with Crippen molar-refractivity contribution in [2.24, 2.45) is 0 Å². The number of hydrogen-bond acceptors (Lipinski definition) is 3. The molecule has 5 nitrogen and oxygen atoms in total. The maximum absolute atomic E-state index is 12.8. The minimum Gasteiger partial charge on any atom is -0.319 e. The average Bonchev–Trinajstić information content (AvgIpc) is 3.17. The fourth-order valence-electron chi connectivity index (χ4n) is 3.04. The molecule has 0 unspecified atom stereocenters. The molecule has 0 saturated carbocycles. The number of hydrogen-bond donors (Lipinski definition) is 1. The van der Waals surface area contributed by atoms with Gasteiger partial charge in [-0.2, -0.15) is 0 Å². The lowest BCUT2D eigenvalue weighted by Crippen LogP contribution is -2.14. The highest BCUT2D eigenvalue weighted by Crippen LogP contribution is 2.28. The molecule has 0 atom stereocenters. The first-order valence-electron chi connectivity index (χ1n) is 9.29. The van der Waals surface area contributed by atoms with Crippen molar-refractivity contribution in [1.82, 2.24) is 14.8 Å². The number of carbonyl (C=O) groups is 1. The quantitative estimate of drug-likeness (QED) is 0.419. The molecule has 3 aromatic carbocycles. The van der Waals surface area contributed by atoms with E-state index in [1.54, 1.807) is 22.9 Å². The van der Waals surface area contributed by atoms with E-state index >= 15 is 0 Å². The summed E-state index contributed by atoms with van der Waals surface area (Å²) in [6.45, 7) is 3.88. The Bertz CT molecular complexity index is 1230. The monoisotopic (exact) mass is 436 g/mol. The van der Waals surface area contributed by atoms with Crippen LogP contribution in [-0.2, 0) is 0 Å². The molecular weight excluding hydrogens is 419 g/mol. The van der Waals surface area contributed by atoms with Crippen LogP contribution < -0.4 is 5.32 Å². The Labute approximate surface area is 184 Å². The van der Waals surface area contributed by atoms with E-state index in [1.165, 1.54) is 0 Å². The van der Waals surface area contributed by atoms with Crippen molar-refractivity contribution >= 4 is 34.8 Å². The minimum absolute atomic E-state index is 0.0462. The number of anilines is 1. The summed E-state index contributed by atoms with van der Waals surface area (Å²) in [7, 11) is 0. The number of nitrogens with one attached hydrogen (secondary N) is 1. The van der Waals surface area contributed by atoms with Crippen LogP contribution in [0.5, 0.6) is 0 Å². The van der Waals surface area contributed by atoms with E-state index < -0.39 is 5.91 Å². The number of aryl methyl sites for hydroxylation is 1. The van der Waals surface area contributed by atoms with Crippen molar-refractivity contribution in [2.75, 3.05) is 5.32 Å². The molecule has 0 bridgehead atoms. The van der Waals surface area contributed by atoms with Gasteiger partial charge in [-0.05, 0) is 55.8 Å². The van der Waals surface area contributed by atoms with Crippen molar-refractivity contribution in [3.63, 3.8) is 0 Å². The Hall–Kier alpha value is -3.15. The predicted octanol–water partition coefficient (Wildman–Crippen LogP) is 6.11. The molecule has 0 spiro atoms. The van der Waals surface area contributed by atoms with E-state index in [-0.39, 0.29) is 5.82 Å². The van der Waals surface area contributed by atoms with Gasteiger partial charge >= 0.3 is 0 Å². The third-order valence-electron chi connectivity index (χ3n) is 4.67. The molecule has 150 valence electrons. The van der Waals surface area contributed by atoms with Gasteiger partial charge in [0, 0.05) is 21.3 Å². The lowest BCUT2D eigenvalue weighted by molar-refractivity contribution is 0.101. The summed E-state index contributed by atoms with van der Waals surface area (Å²) < 4.78 is 1.62. The maximum Gasteiger partial charge on any atom is 0.295 e. The largest absolute Gasteiger partial charge is 0.319 e. The summed E-state index contributed by atoms with van der Waals surface area (Å²) in [6.07, 6.45) is 0. The lowest BCUT2D eigenvalue weighted by atomic mass is 10.1. The lowest BCUT2D eigenvalue weighted by Gasteiger charge is -2.10. The second-order valence-electron chi connectivity index (χ2n) is 6.89. The molecule has 0 radical (unpaired) electrons. The molecule has 0 aliphatic rings. The van der Waals surface area contributed by atoms with Crippen LogP contribution in [0.2, 0.25) is 10.0 Å². The molecule has 7 heteroatoms. The number of benzene rings is 3. The van der Waals surface area contributed by atoms with Crippen molar-refractivity contribution in [2.45, 2.75) is 13.8 Å². The van der Waals surface area contributed by atoms with Crippen LogP contribution >= 0.6 is 23.2 Å². The summed E-state index contributed by atoms with van der Waals surface area (Å²) in [5, 5.41) is 8.50. The Morgan fingerprint density at radius 3 is 2.43 bits per heavy atom. The number of amides is 1. The van der Waals surface area contributed by atoms with Gasteiger partial charge in [0.05, 0.1) is 5.69 Å². The number of nitrogens with zero attached hydrogens (tertiary/aromatic N) is 3. The number of halogens is 2. The molecule has 4 aromatic rings. The van der Waals surface area contributed by atoms with Gasteiger partial charge in [-0.1, -0.05) is 59.1 Å². The maximum atomic E-state index is 12.8. The van der Waals surface area contributed by atoms with E-state index in [9.17, 15) is 4.79 Å². The first-order valence-corrected chi connectivity index (χ1v) is 10.0. The molecular formula is C23H18Cl2N4O. The fourth-order valence-corrected chi connectivity index (χ4v) is 3.40. The summed E-state index contributed by atoms with van der Waals surface area (Å²) in [4.78, 5) is 17.4. The van der Waals surface area contributed by atoms with Crippen LogP contribution in [0.15, 0.2) is 66.7 Å². The fraction of sp³-hybridized carbons (Fsp3) is 0.0870. The van der Waals surface area contributed by atoms with Crippen LogP contribution in [0, 0.1) is 13.8 Å². The average molecular weight is 437 g/mol. The molecule has 1 N–H and O–H groups in total. The van der Waals surface area contributed by atoms with Crippen LogP contribution in [0.25, 0.3) is 17.1 Å². The van der Waals surface area contributed by atoms with Crippen LogP contribution in [0.4, 0.5) is 5.69 Å². The van der Waals surface area contributed by atoms with Crippen LogP contribution in [-0.4, -0.2) is 20.7 Å². The third kappa shape index (κ3) is 4.08. The van der Waals surface area contributed by atoms with Crippen molar-refractivity contribution in [3.8, 4) is 17.1 Å². The highest BCUT2D eigenvalue weighted by molar-refractivity contribution is 6.31. The molecule has 0 aliphatic heterocycles. The van der Waals surface area contributed by atoms with E-state index in [1.807, 2.05) is 62.4 Å². The molecule has 1 amide bonds. The Morgan fingerprint density at radius 2 is 1.70 bits per heavy atom. The second kappa shape index (κ2) is 8.30. The Kier molecular flexibility index (Phi) is 5.57.